The van der Waals surface area contributed by atoms with Crippen LogP contribution in [0.2, 0.25) is 0 Å². The fraction of sp³-hybridized carbons (Fsp3) is 0.364. The maximum atomic E-state index is 9.99. The van der Waals surface area contributed by atoms with Crippen LogP contribution >= 0.6 is 0 Å². The summed E-state index contributed by atoms with van der Waals surface area (Å²) in [6, 6.07) is 5.90. The minimum atomic E-state index is -0.324. The van der Waals surface area contributed by atoms with Crippen molar-refractivity contribution in [2.45, 2.75) is 18.9 Å². The molecule has 1 atom stereocenters. The third-order valence-corrected chi connectivity index (χ3v) is 2.84. The lowest BCUT2D eigenvalue weighted by molar-refractivity contribution is 0.155. The third-order valence-electron chi connectivity index (χ3n) is 2.84. The lowest BCUT2D eigenvalue weighted by Gasteiger charge is -2.06. The van der Waals surface area contributed by atoms with Gasteiger partial charge in [0.1, 0.15) is 0 Å². The zero-order chi connectivity index (χ0) is 9.54. The van der Waals surface area contributed by atoms with Gasteiger partial charge in [-0.1, -0.05) is 6.07 Å². The van der Waals surface area contributed by atoms with Crippen LogP contribution in [0.25, 0.3) is 5.52 Å². The number of fused-ring (bicyclic) bond motifs is 1. The Hall–Kier alpha value is -1.35. The van der Waals surface area contributed by atoms with Gasteiger partial charge in [-0.3, -0.25) is 0 Å². The van der Waals surface area contributed by atoms with Gasteiger partial charge < -0.3 is 5.11 Å². The van der Waals surface area contributed by atoms with Crippen molar-refractivity contribution in [2.75, 3.05) is 0 Å². The van der Waals surface area contributed by atoms with Gasteiger partial charge in [-0.05, 0) is 30.9 Å². The monoisotopic (exact) mass is 188 g/mol. The average molecular weight is 188 g/mol. The molecule has 3 heteroatoms. The van der Waals surface area contributed by atoms with Crippen LogP contribution in [0, 0.1) is 5.92 Å². The van der Waals surface area contributed by atoms with Crippen molar-refractivity contribution < 1.29 is 5.11 Å². The zero-order valence-corrected chi connectivity index (χ0v) is 7.80. The summed E-state index contributed by atoms with van der Waals surface area (Å²) in [6.07, 6.45) is 5.64. The van der Waals surface area contributed by atoms with E-state index in [1.54, 1.807) is 10.7 Å². The van der Waals surface area contributed by atoms with Gasteiger partial charge in [0.15, 0.2) is 0 Å². The Bertz CT molecular complexity index is 459. The smallest absolute Gasteiger partial charge is 0.0854 e. The van der Waals surface area contributed by atoms with E-state index in [1.165, 1.54) is 0 Å². The van der Waals surface area contributed by atoms with Crippen LogP contribution in [0.4, 0.5) is 0 Å². The lowest BCUT2D eigenvalue weighted by Crippen LogP contribution is -1.98. The summed E-state index contributed by atoms with van der Waals surface area (Å²) in [5, 5.41) is 14.2. The molecule has 1 saturated carbocycles. The first kappa shape index (κ1) is 8.00. The summed E-state index contributed by atoms with van der Waals surface area (Å²) < 4.78 is 1.81. The van der Waals surface area contributed by atoms with Gasteiger partial charge >= 0.3 is 0 Å². The van der Waals surface area contributed by atoms with Gasteiger partial charge in [-0.15, -0.1) is 0 Å². The summed E-state index contributed by atoms with van der Waals surface area (Å²) in [6.45, 7) is 0. The quantitative estimate of drug-likeness (QED) is 0.780. The first-order valence-corrected chi connectivity index (χ1v) is 4.96. The van der Waals surface area contributed by atoms with Gasteiger partial charge in [0.2, 0.25) is 0 Å². The molecule has 0 aliphatic heterocycles. The number of aliphatic hydroxyl groups excluding tert-OH is 1. The van der Waals surface area contributed by atoms with Crippen molar-refractivity contribution in [3.63, 3.8) is 0 Å². The molecule has 2 aromatic rings. The molecule has 0 spiro atoms. The van der Waals surface area contributed by atoms with Crippen LogP contribution in [0.1, 0.15) is 24.5 Å². The molecule has 1 aliphatic carbocycles. The van der Waals surface area contributed by atoms with Crippen molar-refractivity contribution >= 4 is 5.52 Å². The number of hydrogen-bond donors (Lipinski definition) is 1. The molecule has 1 aliphatic rings. The molecule has 0 amide bonds. The molecule has 14 heavy (non-hydrogen) atoms. The van der Waals surface area contributed by atoms with Crippen molar-refractivity contribution in [1.29, 1.82) is 0 Å². The Morgan fingerprint density at radius 3 is 3.07 bits per heavy atom. The normalized spacial score (nSPS) is 18.6. The summed E-state index contributed by atoms with van der Waals surface area (Å²) in [7, 11) is 0. The topological polar surface area (TPSA) is 37.5 Å². The second kappa shape index (κ2) is 2.82. The molecule has 3 rings (SSSR count). The first-order valence-electron chi connectivity index (χ1n) is 4.96. The van der Waals surface area contributed by atoms with Crippen molar-refractivity contribution in [2.24, 2.45) is 5.92 Å². The Balaban J connectivity index is 2.11. The molecule has 2 aromatic heterocycles. The van der Waals surface area contributed by atoms with E-state index >= 15 is 0 Å². The Kier molecular flexibility index (Phi) is 1.61. The number of aliphatic hydroxyl groups is 1. The summed E-state index contributed by atoms with van der Waals surface area (Å²) in [5.41, 5.74) is 1.99. The van der Waals surface area contributed by atoms with Gasteiger partial charge in [0, 0.05) is 11.8 Å². The fourth-order valence-corrected chi connectivity index (χ4v) is 1.85. The summed E-state index contributed by atoms with van der Waals surface area (Å²) in [4.78, 5) is 0. The fourth-order valence-electron chi connectivity index (χ4n) is 1.85. The highest BCUT2D eigenvalue weighted by atomic mass is 16.3. The minimum Gasteiger partial charge on any atom is -0.388 e. The highest BCUT2D eigenvalue weighted by Gasteiger charge is 2.32. The molecule has 72 valence electrons. The molecule has 1 unspecified atom stereocenters. The minimum absolute atomic E-state index is 0.324. The number of rotatable bonds is 2. The van der Waals surface area contributed by atoms with Crippen LogP contribution in [-0.2, 0) is 0 Å². The molecule has 1 N–H and O–H groups in total. The second-order valence-electron chi connectivity index (χ2n) is 3.91. The Morgan fingerprint density at radius 2 is 2.29 bits per heavy atom. The molecule has 3 nitrogen and oxygen atoms in total. The maximum Gasteiger partial charge on any atom is 0.0854 e. The van der Waals surface area contributed by atoms with Crippen LogP contribution in [0.5, 0.6) is 0 Å². The van der Waals surface area contributed by atoms with Crippen LogP contribution in [0.3, 0.4) is 0 Å². The molecule has 0 bridgehead atoms. The second-order valence-corrected chi connectivity index (χ2v) is 3.91. The molecule has 0 radical (unpaired) electrons. The Morgan fingerprint density at radius 1 is 1.43 bits per heavy atom. The van der Waals surface area contributed by atoms with E-state index in [4.69, 9.17) is 0 Å². The average Bonchev–Trinajstić information content (AvgIpc) is 2.97. The molecule has 0 aromatic carbocycles. The van der Waals surface area contributed by atoms with Crippen LogP contribution in [0.15, 0.2) is 30.6 Å². The van der Waals surface area contributed by atoms with Gasteiger partial charge in [-0.2, -0.15) is 5.10 Å². The van der Waals surface area contributed by atoms with E-state index in [1.807, 2.05) is 24.4 Å². The van der Waals surface area contributed by atoms with Crippen molar-refractivity contribution in [3.05, 3.63) is 36.2 Å². The van der Waals surface area contributed by atoms with E-state index in [0.717, 1.165) is 23.9 Å². The highest BCUT2D eigenvalue weighted by Crippen LogP contribution is 2.41. The number of nitrogens with zero attached hydrogens (tertiary/aromatic N) is 2. The van der Waals surface area contributed by atoms with Gasteiger partial charge in [-0.25, -0.2) is 4.52 Å². The third kappa shape index (κ3) is 1.13. The lowest BCUT2D eigenvalue weighted by atomic mass is 10.1. The zero-order valence-electron chi connectivity index (χ0n) is 7.80. The van der Waals surface area contributed by atoms with Crippen LogP contribution < -0.4 is 0 Å². The largest absolute Gasteiger partial charge is 0.388 e. The highest BCUT2D eigenvalue weighted by molar-refractivity contribution is 5.54. The van der Waals surface area contributed by atoms with Crippen LogP contribution in [-0.4, -0.2) is 14.7 Å². The van der Waals surface area contributed by atoms with Gasteiger partial charge in [0.05, 0.1) is 17.8 Å². The summed E-state index contributed by atoms with van der Waals surface area (Å²) in [5.74, 6) is 0.461. The summed E-state index contributed by atoms with van der Waals surface area (Å²) >= 11 is 0. The van der Waals surface area contributed by atoms with Crippen molar-refractivity contribution in [3.8, 4) is 0 Å². The van der Waals surface area contributed by atoms with E-state index < -0.39 is 0 Å². The predicted molar refractivity (Wildman–Crippen MR) is 52.9 cm³/mol. The molecule has 1 fully saturated rings. The van der Waals surface area contributed by atoms with E-state index in [2.05, 4.69) is 5.10 Å². The Labute approximate surface area is 82.0 Å². The predicted octanol–water partition coefficient (Wildman–Crippen LogP) is 1.78. The molecular formula is C11H12N2O. The van der Waals surface area contributed by atoms with Gasteiger partial charge in [0.25, 0.3) is 0 Å². The standard InChI is InChI=1S/C11H12N2O/c14-11(8-4-5-8)9-7-12-13-6-2-1-3-10(9)13/h1-3,6-8,11,14H,4-5H2. The maximum absolute atomic E-state index is 9.99. The molecular weight excluding hydrogens is 176 g/mol. The van der Waals surface area contributed by atoms with Crippen molar-refractivity contribution in [1.82, 2.24) is 9.61 Å². The van der Waals surface area contributed by atoms with E-state index in [9.17, 15) is 5.11 Å². The van der Waals surface area contributed by atoms with E-state index in [-0.39, 0.29) is 6.10 Å². The first-order chi connectivity index (χ1) is 6.86. The van der Waals surface area contributed by atoms with E-state index in [0.29, 0.717) is 5.92 Å². The number of aromatic nitrogens is 2. The number of hydrogen-bond acceptors (Lipinski definition) is 2. The number of pyridine rings is 1. The molecule has 2 heterocycles. The molecule has 0 saturated heterocycles. The SMILES string of the molecule is OC(c1cnn2ccccc12)C1CC1.